The van der Waals surface area contributed by atoms with Crippen LogP contribution in [0.25, 0.3) is 0 Å². The fourth-order valence-electron chi connectivity index (χ4n) is 2.63. The molecule has 0 radical (unpaired) electrons. The number of nitrogens with zero attached hydrogens (tertiary/aromatic N) is 2. The lowest BCUT2D eigenvalue weighted by Crippen LogP contribution is -2.44. The Balaban J connectivity index is 0.00000400. The van der Waals surface area contributed by atoms with E-state index in [-0.39, 0.29) is 30.0 Å². The van der Waals surface area contributed by atoms with Gasteiger partial charge >= 0.3 is 0 Å². The van der Waals surface area contributed by atoms with E-state index in [0.717, 1.165) is 25.6 Å². The van der Waals surface area contributed by atoms with E-state index in [9.17, 15) is 0 Å². The maximum atomic E-state index is 5.14. The Morgan fingerprint density at radius 3 is 2.81 bits per heavy atom. The smallest absolute Gasteiger partial charge is 0.191 e. The highest BCUT2D eigenvalue weighted by atomic mass is 127. The van der Waals surface area contributed by atoms with Gasteiger partial charge < -0.3 is 15.4 Å². The highest BCUT2D eigenvalue weighted by molar-refractivity contribution is 14.0. The van der Waals surface area contributed by atoms with Crippen molar-refractivity contribution >= 4 is 29.9 Å². The summed E-state index contributed by atoms with van der Waals surface area (Å²) in [6.07, 6.45) is 4.03. The van der Waals surface area contributed by atoms with E-state index in [1.807, 2.05) is 0 Å². The van der Waals surface area contributed by atoms with Gasteiger partial charge in [0.15, 0.2) is 5.96 Å². The molecule has 1 fully saturated rings. The maximum Gasteiger partial charge on any atom is 0.191 e. The topological polar surface area (TPSA) is 48.9 Å². The molecule has 0 bridgehead atoms. The van der Waals surface area contributed by atoms with E-state index >= 15 is 0 Å². The number of ether oxygens (including phenoxy) is 1. The Bertz CT molecular complexity index is 289. The third-order valence-corrected chi connectivity index (χ3v) is 3.74. The van der Waals surface area contributed by atoms with Gasteiger partial charge in [-0.2, -0.15) is 0 Å². The molecule has 0 spiro atoms. The van der Waals surface area contributed by atoms with Crippen LogP contribution >= 0.6 is 24.0 Å². The highest BCUT2D eigenvalue weighted by Gasteiger charge is 2.17. The van der Waals surface area contributed by atoms with Gasteiger partial charge in [-0.05, 0) is 40.2 Å². The zero-order valence-electron chi connectivity index (χ0n) is 14.0. The lowest BCUT2D eigenvalue weighted by molar-refractivity contribution is 0.165. The Hall–Kier alpha value is -0.0800. The van der Waals surface area contributed by atoms with E-state index < -0.39 is 0 Å². The minimum absolute atomic E-state index is 0. The first kappa shape index (κ1) is 20.9. The number of hydrogen-bond acceptors (Lipinski definition) is 3. The lowest BCUT2D eigenvalue weighted by atomic mass is 10.0. The first-order valence-corrected chi connectivity index (χ1v) is 7.95. The van der Waals surface area contributed by atoms with Gasteiger partial charge in [0.1, 0.15) is 0 Å². The summed E-state index contributed by atoms with van der Waals surface area (Å²) >= 11 is 0. The molecule has 0 aromatic carbocycles. The van der Waals surface area contributed by atoms with E-state index in [1.54, 1.807) is 7.11 Å². The molecule has 6 heteroatoms. The van der Waals surface area contributed by atoms with Gasteiger partial charge in [0, 0.05) is 32.3 Å². The molecule has 2 atom stereocenters. The van der Waals surface area contributed by atoms with Crippen LogP contribution in [0.1, 0.15) is 40.0 Å². The summed E-state index contributed by atoms with van der Waals surface area (Å²) in [4.78, 5) is 7.21. The summed E-state index contributed by atoms with van der Waals surface area (Å²) in [7, 11) is 1.72. The molecule has 0 aromatic heterocycles. The average molecular weight is 412 g/mol. The lowest BCUT2D eigenvalue weighted by Gasteiger charge is -2.32. The summed E-state index contributed by atoms with van der Waals surface area (Å²) in [6.45, 7) is 11.2. The van der Waals surface area contributed by atoms with Gasteiger partial charge in [-0.25, -0.2) is 0 Å². The normalized spacial score (nSPS) is 21.5. The third-order valence-electron chi connectivity index (χ3n) is 3.74. The van der Waals surface area contributed by atoms with Crippen LogP contribution in [-0.2, 0) is 4.74 Å². The predicted molar refractivity (Wildman–Crippen MR) is 101 cm³/mol. The quantitative estimate of drug-likeness (QED) is 0.382. The second-order valence-electron chi connectivity index (χ2n) is 5.64. The zero-order chi connectivity index (χ0) is 14.8. The summed E-state index contributed by atoms with van der Waals surface area (Å²) in [5, 5.41) is 6.65. The average Bonchev–Trinajstić information content (AvgIpc) is 2.41. The molecule has 1 rings (SSSR count). The molecule has 0 aliphatic carbocycles. The van der Waals surface area contributed by atoms with Crippen molar-refractivity contribution in [2.45, 2.75) is 52.1 Å². The van der Waals surface area contributed by atoms with Gasteiger partial charge in [-0.3, -0.25) is 9.89 Å². The Morgan fingerprint density at radius 1 is 1.43 bits per heavy atom. The molecule has 2 N–H and O–H groups in total. The number of halogens is 1. The van der Waals surface area contributed by atoms with Crippen molar-refractivity contribution in [3.8, 4) is 0 Å². The van der Waals surface area contributed by atoms with Crippen LogP contribution in [0.5, 0.6) is 0 Å². The Kier molecular flexibility index (Phi) is 12.4. The number of aliphatic imine (C=N–C) groups is 1. The molecule has 0 aromatic rings. The molecule has 0 amide bonds. The molecule has 5 nitrogen and oxygen atoms in total. The summed E-state index contributed by atoms with van der Waals surface area (Å²) < 4.78 is 5.14. The number of nitrogens with one attached hydrogen (secondary N) is 2. The molecular weight excluding hydrogens is 379 g/mol. The van der Waals surface area contributed by atoms with E-state index in [2.05, 4.69) is 41.3 Å². The molecule has 1 aliphatic rings. The number of guanidine groups is 1. The standard InChI is InChI=1S/C15H32N4O.HI/c1-5-16-15(18-13(2)12-20-4)17-9-11-19-10-7-6-8-14(19)3;/h13-14H,5-12H2,1-4H3,(H2,16,17,18);1H. The van der Waals surface area contributed by atoms with Gasteiger partial charge in [0.2, 0.25) is 0 Å². The molecule has 1 heterocycles. The number of likely N-dealkylation sites (tertiary alicyclic amines) is 1. The molecular formula is C15H33IN4O. The van der Waals surface area contributed by atoms with E-state index in [1.165, 1.54) is 25.8 Å². The van der Waals surface area contributed by atoms with Gasteiger partial charge in [0.05, 0.1) is 13.2 Å². The molecule has 2 unspecified atom stereocenters. The first-order chi connectivity index (χ1) is 9.67. The van der Waals surface area contributed by atoms with Crippen LogP contribution in [0.15, 0.2) is 4.99 Å². The fourth-order valence-corrected chi connectivity index (χ4v) is 2.63. The molecule has 0 saturated carbocycles. The maximum absolute atomic E-state index is 5.14. The largest absolute Gasteiger partial charge is 0.383 e. The molecule has 126 valence electrons. The van der Waals surface area contributed by atoms with Crippen LogP contribution in [0.2, 0.25) is 0 Å². The van der Waals surface area contributed by atoms with Crippen LogP contribution in [0.4, 0.5) is 0 Å². The van der Waals surface area contributed by atoms with Crippen LogP contribution in [-0.4, -0.2) is 62.8 Å². The summed E-state index contributed by atoms with van der Waals surface area (Å²) in [5.74, 6) is 0.890. The highest BCUT2D eigenvalue weighted by Crippen LogP contribution is 2.15. The number of hydrogen-bond donors (Lipinski definition) is 2. The Labute approximate surface area is 147 Å². The van der Waals surface area contributed by atoms with Crippen molar-refractivity contribution in [3.05, 3.63) is 0 Å². The van der Waals surface area contributed by atoms with Crippen molar-refractivity contribution in [2.24, 2.45) is 4.99 Å². The zero-order valence-corrected chi connectivity index (χ0v) is 16.4. The SMILES string of the molecule is CCNC(=NCCN1CCCCC1C)NC(C)COC.I. The van der Waals surface area contributed by atoms with Crippen molar-refractivity contribution in [3.63, 3.8) is 0 Å². The van der Waals surface area contributed by atoms with Crippen molar-refractivity contribution < 1.29 is 4.74 Å². The second kappa shape index (κ2) is 12.5. The molecule has 21 heavy (non-hydrogen) atoms. The van der Waals surface area contributed by atoms with E-state index in [4.69, 9.17) is 4.74 Å². The first-order valence-electron chi connectivity index (χ1n) is 7.95. The summed E-state index contributed by atoms with van der Waals surface area (Å²) in [5.41, 5.74) is 0. The third kappa shape index (κ3) is 8.83. The summed E-state index contributed by atoms with van der Waals surface area (Å²) in [6, 6.07) is 0.980. The molecule has 1 aliphatic heterocycles. The van der Waals surface area contributed by atoms with E-state index in [0.29, 0.717) is 12.6 Å². The van der Waals surface area contributed by atoms with Crippen LogP contribution in [0.3, 0.4) is 0 Å². The number of rotatable bonds is 7. The minimum atomic E-state index is 0. The molecule has 1 saturated heterocycles. The fraction of sp³-hybridized carbons (Fsp3) is 0.933. The van der Waals surface area contributed by atoms with Crippen LogP contribution in [0, 0.1) is 0 Å². The van der Waals surface area contributed by atoms with Crippen molar-refractivity contribution in [2.75, 3.05) is 39.9 Å². The number of piperidine rings is 1. The monoisotopic (exact) mass is 412 g/mol. The Morgan fingerprint density at radius 2 is 2.19 bits per heavy atom. The van der Waals surface area contributed by atoms with Crippen molar-refractivity contribution in [1.82, 2.24) is 15.5 Å². The number of methoxy groups -OCH3 is 1. The van der Waals surface area contributed by atoms with Gasteiger partial charge in [-0.1, -0.05) is 6.42 Å². The predicted octanol–water partition coefficient (Wildman–Crippen LogP) is 2.07. The second-order valence-corrected chi connectivity index (χ2v) is 5.64. The van der Waals surface area contributed by atoms with Gasteiger partial charge in [-0.15, -0.1) is 24.0 Å². The van der Waals surface area contributed by atoms with Crippen molar-refractivity contribution in [1.29, 1.82) is 0 Å². The van der Waals surface area contributed by atoms with Gasteiger partial charge in [0.25, 0.3) is 0 Å². The minimum Gasteiger partial charge on any atom is -0.383 e. The van der Waals surface area contributed by atoms with Crippen LogP contribution < -0.4 is 10.6 Å².